The molecule has 0 unspecified atom stereocenters. The smallest absolute Gasteiger partial charge is 0.271 e. The number of aryl methyl sites for hydroxylation is 1. The maximum atomic E-state index is 11.0. The van der Waals surface area contributed by atoms with Crippen LogP contribution in [0.15, 0.2) is 30.6 Å². The van der Waals surface area contributed by atoms with Crippen LogP contribution in [0.3, 0.4) is 0 Å². The van der Waals surface area contributed by atoms with Crippen LogP contribution in [0, 0.1) is 16.0 Å². The number of aromatic nitrogens is 2. The van der Waals surface area contributed by atoms with Crippen molar-refractivity contribution in [3.63, 3.8) is 0 Å². The molecule has 1 N–H and O–H groups in total. The van der Waals surface area contributed by atoms with E-state index in [0.29, 0.717) is 11.6 Å². The molecule has 1 aromatic carbocycles. The summed E-state index contributed by atoms with van der Waals surface area (Å²) in [6.45, 7) is 2.28. The number of nitrogens with one attached hydrogen (secondary N) is 1. The Balaban J connectivity index is 1.77. The van der Waals surface area contributed by atoms with Crippen LogP contribution in [-0.2, 0) is 12.8 Å². The van der Waals surface area contributed by atoms with E-state index in [4.69, 9.17) is 0 Å². The Labute approximate surface area is 142 Å². The summed E-state index contributed by atoms with van der Waals surface area (Å²) in [6, 6.07) is 6.48. The number of thiophene rings is 1. The number of hydrogen-bond acceptors (Lipinski definition) is 6. The van der Waals surface area contributed by atoms with Crippen molar-refractivity contribution in [2.45, 2.75) is 26.2 Å². The van der Waals surface area contributed by atoms with Crippen LogP contribution in [0.25, 0.3) is 10.2 Å². The molecule has 1 aliphatic carbocycles. The molecule has 0 bridgehead atoms. The standard InChI is InChI=1S/C17H16N4O2S/c1-10-5-6-13-14(7-10)24-17-15(13)16(18-9-19-17)20-11-3-2-4-12(8-11)21(22)23/h2-4,8-10H,5-7H2,1H3,(H,18,19,20)/t10-/m1/s1. The fraction of sp³-hybridized carbons (Fsp3) is 0.294. The minimum Gasteiger partial charge on any atom is -0.339 e. The molecule has 2 aromatic heterocycles. The van der Waals surface area contributed by atoms with E-state index in [0.717, 1.165) is 28.9 Å². The average Bonchev–Trinajstić information content (AvgIpc) is 2.93. The van der Waals surface area contributed by atoms with Crippen LogP contribution in [-0.4, -0.2) is 14.9 Å². The molecule has 24 heavy (non-hydrogen) atoms. The Kier molecular flexibility index (Phi) is 3.65. The molecular formula is C17H16N4O2S. The van der Waals surface area contributed by atoms with E-state index < -0.39 is 4.92 Å². The Morgan fingerprint density at radius 3 is 3.08 bits per heavy atom. The van der Waals surface area contributed by atoms with E-state index in [2.05, 4.69) is 22.2 Å². The molecule has 0 amide bonds. The molecule has 4 rings (SSSR count). The SMILES string of the molecule is C[C@@H]1CCc2c(sc3ncnc(Nc4cccc([N+](=O)[O-])c4)c23)C1. The summed E-state index contributed by atoms with van der Waals surface area (Å²) >= 11 is 1.74. The number of benzene rings is 1. The van der Waals surface area contributed by atoms with Crippen molar-refractivity contribution < 1.29 is 4.92 Å². The number of hydrogen-bond donors (Lipinski definition) is 1. The molecule has 0 saturated carbocycles. The third-order valence-corrected chi connectivity index (χ3v) is 5.57. The van der Waals surface area contributed by atoms with Crippen LogP contribution in [0.2, 0.25) is 0 Å². The van der Waals surface area contributed by atoms with Gasteiger partial charge in [0.05, 0.1) is 10.3 Å². The molecule has 6 nitrogen and oxygen atoms in total. The second-order valence-electron chi connectivity index (χ2n) is 6.19. The second-order valence-corrected chi connectivity index (χ2v) is 7.27. The fourth-order valence-corrected chi connectivity index (χ4v) is 4.55. The Hall–Kier alpha value is -2.54. The molecule has 1 aliphatic rings. The van der Waals surface area contributed by atoms with Gasteiger partial charge in [-0.1, -0.05) is 13.0 Å². The van der Waals surface area contributed by atoms with Gasteiger partial charge in [0.15, 0.2) is 0 Å². The molecule has 2 heterocycles. The highest BCUT2D eigenvalue weighted by molar-refractivity contribution is 7.19. The number of non-ortho nitro benzene ring substituents is 1. The van der Waals surface area contributed by atoms with Gasteiger partial charge in [-0.05, 0) is 36.8 Å². The van der Waals surface area contributed by atoms with Gasteiger partial charge in [-0.25, -0.2) is 9.97 Å². The first-order chi connectivity index (χ1) is 11.6. The molecular weight excluding hydrogens is 324 g/mol. The van der Waals surface area contributed by atoms with Gasteiger partial charge in [0, 0.05) is 22.7 Å². The van der Waals surface area contributed by atoms with Gasteiger partial charge in [0.2, 0.25) is 0 Å². The number of nitro benzene ring substituents is 1. The topological polar surface area (TPSA) is 81.0 Å². The third kappa shape index (κ3) is 2.60. The van der Waals surface area contributed by atoms with E-state index in [1.54, 1.807) is 23.7 Å². The monoisotopic (exact) mass is 340 g/mol. The predicted molar refractivity (Wildman–Crippen MR) is 95.0 cm³/mol. The van der Waals surface area contributed by atoms with Crippen molar-refractivity contribution in [2.24, 2.45) is 5.92 Å². The molecule has 1 atom stereocenters. The van der Waals surface area contributed by atoms with Gasteiger partial charge in [0.1, 0.15) is 17.0 Å². The number of nitrogens with zero attached hydrogens (tertiary/aromatic N) is 3. The molecule has 0 aliphatic heterocycles. The van der Waals surface area contributed by atoms with Crippen molar-refractivity contribution in [3.05, 3.63) is 51.1 Å². The molecule has 0 fully saturated rings. The summed E-state index contributed by atoms with van der Waals surface area (Å²) in [6.07, 6.45) is 4.84. The molecule has 0 spiro atoms. The van der Waals surface area contributed by atoms with Gasteiger partial charge in [-0.15, -0.1) is 11.3 Å². The summed E-state index contributed by atoms with van der Waals surface area (Å²) in [5.41, 5.74) is 2.06. The average molecular weight is 340 g/mol. The number of fused-ring (bicyclic) bond motifs is 3. The summed E-state index contributed by atoms with van der Waals surface area (Å²) in [5.74, 6) is 1.43. The quantitative estimate of drug-likeness (QED) is 0.562. The van der Waals surface area contributed by atoms with Crippen molar-refractivity contribution in [1.29, 1.82) is 0 Å². The summed E-state index contributed by atoms with van der Waals surface area (Å²) < 4.78 is 0. The van der Waals surface area contributed by atoms with Crippen molar-refractivity contribution in [2.75, 3.05) is 5.32 Å². The van der Waals surface area contributed by atoms with Crippen molar-refractivity contribution in [1.82, 2.24) is 9.97 Å². The number of rotatable bonds is 3. The lowest BCUT2D eigenvalue weighted by Gasteiger charge is -2.18. The predicted octanol–water partition coefficient (Wildman–Crippen LogP) is 4.47. The first kappa shape index (κ1) is 15.0. The first-order valence-corrected chi connectivity index (χ1v) is 8.70. The zero-order valence-electron chi connectivity index (χ0n) is 13.2. The third-order valence-electron chi connectivity index (χ3n) is 4.41. The van der Waals surface area contributed by atoms with Gasteiger partial charge in [0.25, 0.3) is 5.69 Å². The van der Waals surface area contributed by atoms with Crippen LogP contribution in [0.1, 0.15) is 23.8 Å². The lowest BCUT2D eigenvalue weighted by Crippen LogP contribution is -2.09. The van der Waals surface area contributed by atoms with Crippen molar-refractivity contribution in [3.8, 4) is 0 Å². The van der Waals surface area contributed by atoms with Gasteiger partial charge >= 0.3 is 0 Å². The maximum Gasteiger partial charge on any atom is 0.271 e. The van der Waals surface area contributed by atoms with Gasteiger partial charge in [-0.3, -0.25) is 10.1 Å². The van der Waals surface area contributed by atoms with Crippen LogP contribution >= 0.6 is 11.3 Å². The van der Waals surface area contributed by atoms with E-state index in [1.807, 2.05) is 6.07 Å². The van der Waals surface area contributed by atoms with E-state index in [-0.39, 0.29) is 5.69 Å². The second kappa shape index (κ2) is 5.83. The molecule has 0 radical (unpaired) electrons. The number of anilines is 2. The minimum absolute atomic E-state index is 0.0615. The zero-order chi connectivity index (χ0) is 16.7. The highest BCUT2D eigenvalue weighted by Gasteiger charge is 2.23. The van der Waals surface area contributed by atoms with E-state index >= 15 is 0 Å². The van der Waals surface area contributed by atoms with Crippen LogP contribution < -0.4 is 5.32 Å². The van der Waals surface area contributed by atoms with Gasteiger partial charge in [-0.2, -0.15) is 0 Å². The zero-order valence-corrected chi connectivity index (χ0v) is 14.0. The Morgan fingerprint density at radius 1 is 1.38 bits per heavy atom. The largest absolute Gasteiger partial charge is 0.339 e. The van der Waals surface area contributed by atoms with Crippen LogP contribution in [0.5, 0.6) is 0 Å². The number of nitro groups is 1. The van der Waals surface area contributed by atoms with Gasteiger partial charge < -0.3 is 5.32 Å². The van der Waals surface area contributed by atoms with Crippen molar-refractivity contribution >= 4 is 38.7 Å². The summed E-state index contributed by atoms with van der Waals surface area (Å²) in [5, 5.41) is 15.3. The van der Waals surface area contributed by atoms with E-state index in [9.17, 15) is 10.1 Å². The normalized spacial score (nSPS) is 16.8. The first-order valence-electron chi connectivity index (χ1n) is 7.88. The summed E-state index contributed by atoms with van der Waals surface area (Å²) in [7, 11) is 0. The Morgan fingerprint density at radius 2 is 2.25 bits per heavy atom. The maximum absolute atomic E-state index is 11.0. The lowest BCUT2D eigenvalue weighted by molar-refractivity contribution is -0.384. The summed E-state index contributed by atoms with van der Waals surface area (Å²) in [4.78, 5) is 21.7. The molecule has 7 heteroatoms. The van der Waals surface area contributed by atoms with E-state index in [1.165, 1.54) is 29.0 Å². The highest BCUT2D eigenvalue weighted by Crippen LogP contribution is 2.40. The minimum atomic E-state index is -0.394. The van der Waals surface area contributed by atoms with Crippen LogP contribution in [0.4, 0.5) is 17.2 Å². The molecule has 0 saturated heterocycles. The highest BCUT2D eigenvalue weighted by atomic mass is 32.1. The molecule has 3 aromatic rings. The lowest BCUT2D eigenvalue weighted by atomic mass is 9.89. The Bertz CT molecular complexity index is 937. The fourth-order valence-electron chi connectivity index (χ4n) is 3.20. The molecule has 122 valence electrons.